The molecule has 0 saturated carbocycles. The molecule has 13 heteroatoms. The van der Waals surface area contributed by atoms with Crippen molar-refractivity contribution in [3.8, 4) is 0 Å². The molecule has 12 nitrogen and oxygen atoms in total. The van der Waals surface area contributed by atoms with Crippen molar-refractivity contribution in [3.63, 3.8) is 0 Å². The van der Waals surface area contributed by atoms with Crippen molar-refractivity contribution in [2.45, 2.75) is 174 Å². The van der Waals surface area contributed by atoms with E-state index in [0.29, 0.717) is 12.8 Å². The summed E-state index contributed by atoms with van der Waals surface area (Å²) < 4.78 is 0. The Hall–Kier alpha value is -6.72. The fraction of sp³-hybridized carbons (Fsp3) is 0.424. The number of aromatic nitrogens is 2. The van der Waals surface area contributed by atoms with E-state index in [2.05, 4.69) is 140 Å². The number of allylic oxidation sites excluding steroid dienone is 10. The van der Waals surface area contributed by atoms with Crippen molar-refractivity contribution in [1.29, 1.82) is 0 Å². The Bertz CT molecular complexity index is 3520. The van der Waals surface area contributed by atoms with Crippen LogP contribution >= 0.6 is 0 Å². The number of carboxylic acid groups (broad SMARTS) is 2. The summed E-state index contributed by atoms with van der Waals surface area (Å²) in [6.45, 7) is 33.5. The normalized spacial score (nSPS) is 28.3. The molecular formula is C66H80N8O4Zn. The molecule has 0 fully saturated rings. The standard InChI is InChI=1S/2C33H40N4O2.Zn/c2*1-9-20-17(5)24-13-25-18(6)21(10-2)29(35-25)15-30-23(12-4)33(8,32(38)39)31(37-30)16-26-19(7)22(11-3)28(36-26)14-27(20)34-24;/h2*13-16,31,34,37H,9-12H2,1-8H3,(H,38,39);/b2*24-13-,26-16-,27-14-,29-15-;. The van der Waals surface area contributed by atoms with Gasteiger partial charge in [0.2, 0.25) is 0 Å². The zero-order chi connectivity index (χ0) is 56.4. The molecule has 4 unspecified atom stereocenters. The van der Waals surface area contributed by atoms with Crippen LogP contribution in [-0.2, 0) is 41.9 Å². The molecule has 16 bridgehead atoms. The summed E-state index contributed by atoms with van der Waals surface area (Å²) in [5, 5.41) is 32.5. The molecule has 79 heavy (non-hydrogen) atoms. The Morgan fingerprint density at radius 2 is 0.772 bits per heavy atom. The third-order valence-corrected chi connectivity index (χ3v) is 18.3. The number of aromatic amines is 2. The zero-order valence-corrected chi connectivity index (χ0v) is 52.6. The van der Waals surface area contributed by atoms with E-state index in [-0.39, 0.29) is 19.5 Å². The molecule has 6 N–H and O–H groups in total. The minimum Gasteiger partial charge on any atom is -0.481 e. The SMILES string of the molecule is CCC1=C(C)C2=NC/1=C\C1=C(CC)C(C)(C(=O)O)C(\C=C3/N=C(/C=c4\[nH]/c(c(C)c4CC)=C\2)C(CC)=C3C)N1.CCC1=C(C)C2=NC/1=C\C1=C(CC)C(C)(C(=O)O)C(\C=C3/N=C(/C=c4\[nH]/c(c(C)c4CC)=C\2)C(CC)=C3C)N1.[Zn]. The van der Waals surface area contributed by atoms with Gasteiger partial charge in [0.15, 0.2) is 0 Å². The van der Waals surface area contributed by atoms with Gasteiger partial charge in [0.05, 0.1) is 57.7 Å². The van der Waals surface area contributed by atoms with E-state index in [4.69, 9.17) is 20.0 Å². The maximum absolute atomic E-state index is 12.9. The summed E-state index contributed by atoms with van der Waals surface area (Å²) in [6.07, 6.45) is 23.3. The minimum atomic E-state index is -1.10. The van der Waals surface area contributed by atoms with Crippen molar-refractivity contribution in [1.82, 2.24) is 20.6 Å². The molecule has 10 heterocycles. The molecular weight excluding hydrogens is 1030 g/mol. The van der Waals surface area contributed by atoms with Crippen LogP contribution in [0.25, 0.3) is 24.3 Å². The van der Waals surface area contributed by atoms with Crippen molar-refractivity contribution in [2.75, 3.05) is 0 Å². The molecule has 0 saturated heterocycles. The van der Waals surface area contributed by atoms with Gasteiger partial charge in [-0.25, -0.2) is 20.0 Å². The first kappa shape index (κ1) is 58.4. The van der Waals surface area contributed by atoms with Gasteiger partial charge in [0.1, 0.15) is 10.8 Å². The van der Waals surface area contributed by atoms with Crippen LogP contribution in [0.2, 0.25) is 0 Å². The van der Waals surface area contributed by atoms with Gasteiger partial charge in [-0.15, -0.1) is 0 Å². The number of H-pyrrole nitrogens is 2. The second kappa shape index (κ2) is 22.4. The number of carbonyl (C=O) groups is 2. The van der Waals surface area contributed by atoms with Crippen LogP contribution in [0.3, 0.4) is 0 Å². The first-order chi connectivity index (χ1) is 37.2. The van der Waals surface area contributed by atoms with Crippen LogP contribution in [0.5, 0.6) is 0 Å². The number of aliphatic carboxylic acids is 2. The summed E-state index contributed by atoms with van der Waals surface area (Å²) in [5.74, 6) is -1.67. The average Bonchev–Trinajstić information content (AvgIpc) is 4.43. The van der Waals surface area contributed by atoms with Gasteiger partial charge in [-0.05, 0) is 233 Å². The maximum atomic E-state index is 12.9. The molecule has 2 aromatic rings. The fourth-order valence-electron chi connectivity index (χ4n) is 13.4. The van der Waals surface area contributed by atoms with Gasteiger partial charge in [-0.2, -0.15) is 0 Å². The van der Waals surface area contributed by atoms with E-state index >= 15 is 0 Å². The van der Waals surface area contributed by atoms with Crippen molar-refractivity contribution >= 4 is 59.1 Å². The molecule has 10 rings (SSSR count). The number of fused-ring (bicyclic) bond motifs is 12. The Morgan fingerprint density at radius 3 is 1.08 bits per heavy atom. The molecule has 0 aromatic carbocycles. The molecule has 0 spiro atoms. The van der Waals surface area contributed by atoms with Gasteiger partial charge in [-0.1, -0.05) is 55.4 Å². The van der Waals surface area contributed by atoms with Gasteiger partial charge in [-0.3, -0.25) is 9.59 Å². The van der Waals surface area contributed by atoms with Gasteiger partial charge in [0, 0.05) is 52.3 Å². The smallest absolute Gasteiger partial charge is 0.316 e. The predicted octanol–water partition coefficient (Wildman–Crippen LogP) is 10.6. The monoisotopic (exact) mass is 1110 g/mol. The van der Waals surface area contributed by atoms with Gasteiger partial charge in [0.25, 0.3) is 0 Å². The van der Waals surface area contributed by atoms with Crippen LogP contribution in [0.1, 0.15) is 158 Å². The number of hydrogen-bond donors (Lipinski definition) is 6. The first-order valence-corrected chi connectivity index (χ1v) is 28.5. The van der Waals surface area contributed by atoms with Crippen LogP contribution in [0, 0.1) is 24.7 Å². The Balaban J connectivity index is 0.000000205. The number of nitrogens with one attached hydrogen (secondary N) is 4. The van der Waals surface area contributed by atoms with Crippen LogP contribution in [-0.4, -0.2) is 67.1 Å². The van der Waals surface area contributed by atoms with E-state index in [1.165, 1.54) is 44.5 Å². The number of rotatable bonds is 10. The number of carboxylic acids is 2. The van der Waals surface area contributed by atoms with Crippen LogP contribution < -0.4 is 32.0 Å². The van der Waals surface area contributed by atoms with Crippen LogP contribution in [0.15, 0.2) is 134 Å². The summed E-state index contributed by atoms with van der Waals surface area (Å²) in [5.41, 5.74) is 22.9. The Labute approximate surface area is 479 Å². The van der Waals surface area contributed by atoms with Crippen LogP contribution in [0.4, 0.5) is 0 Å². The minimum absolute atomic E-state index is 0. The summed E-state index contributed by atoms with van der Waals surface area (Å²) in [7, 11) is 0. The first-order valence-electron chi connectivity index (χ1n) is 28.5. The van der Waals surface area contributed by atoms with Crippen molar-refractivity contribution in [3.05, 3.63) is 158 Å². The average molecular weight is 1110 g/mol. The maximum Gasteiger partial charge on any atom is 0.316 e. The second-order valence-corrected chi connectivity index (χ2v) is 22.1. The molecule has 0 radical (unpaired) electrons. The summed E-state index contributed by atoms with van der Waals surface area (Å²) >= 11 is 0. The topological polar surface area (TPSA) is 180 Å². The zero-order valence-electron chi connectivity index (χ0n) is 49.6. The van der Waals surface area contributed by atoms with E-state index in [0.717, 1.165) is 150 Å². The molecule has 8 aliphatic rings. The predicted molar refractivity (Wildman–Crippen MR) is 320 cm³/mol. The van der Waals surface area contributed by atoms with E-state index in [1.54, 1.807) is 0 Å². The van der Waals surface area contributed by atoms with E-state index in [9.17, 15) is 19.8 Å². The Morgan fingerprint density at radius 1 is 0.443 bits per heavy atom. The number of hydrogen-bond acceptors (Lipinski definition) is 8. The molecule has 4 atom stereocenters. The quantitative estimate of drug-likeness (QED) is 0.129. The third-order valence-electron chi connectivity index (χ3n) is 18.3. The number of nitrogens with zero attached hydrogens (tertiary/aromatic N) is 4. The van der Waals surface area contributed by atoms with E-state index in [1.807, 2.05) is 39.8 Å². The van der Waals surface area contributed by atoms with Gasteiger partial charge >= 0.3 is 11.9 Å². The second-order valence-electron chi connectivity index (χ2n) is 22.1. The molecule has 410 valence electrons. The molecule has 8 aliphatic heterocycles. The molecule has 0 aliphatic carbocycles. The largest absolute Gasteiger partial charge is 0.481 e. The number of aliphatic imine (C=N–C) groups is 4. The molecule has 2 aromatic heterocycles. The van der Waals surface area contributed by atoms with E-state index < -0.39 is 34.9 Å². The molecule has 0 amide bonds. The van der Waals surface area contributed by atoms with Crippen molar-refractivity contribution < 1.29 is 39.3 Å². The Kier molecular flexibility index (Phi) is 16.6. The third kappa shape index (κ3) is 9.55. The fourth-order valence-corrected chi connectivity index (χ4v) is 13.4. The summed E-state index contributed by atoms with van der Waals surface area (Å²) in [6, 6.07) is -0.874. The summed E-state index contributed by atoms with van der Waals surface area (Å²) in [4.78, 5) is 53.4. The van der Waals surface area contributed by atoms with Crippen molar-refractivity contribution in [2.24, 2.45) is 30.8 Å². The van der Waals surface area contributed by atoms with Gasteiger partial charge < -0.3 is 30.8 Å².